The molecule has 0 radical (unpaired) electrons. The lowest BCUT2D eigenvalue weighted by Gasteiger charge is -2.24. The van der Waals surface area contributed by atoms with Crippen molar-refractivity contribution in [1.82, 2.24) is 4.90 Å². The maximum absolute atomic E-state index is 12.2. The van der Waals surface area contributed by atoms with Gasteiger partial charge in [0.1, 0.15) is 5.84 Å². The number of hydrogen-bond acceptors (Lipinski definition) is 5. The number of carbonyl (C=O) groups excluding carboxylic acids is 1. The van der Waals surface area contributed by atoms with Gasteiger partial charge in [-0.2, -0.15) is 0 Å². The average Bonchev–Trinajstić information content (AvgIpc) is 2.42. The van der Waals surface area contributed by atoms with E-state index in [4.69, 9.17) is 4.74 Å². The second-order valence-electron chi connectivity index (χ2n) is 4.56. The minimum atomic E-state index is -0.0224. The monoisotopic (exact) mass is 262 g/mol. The summed E-state index contributed by atoms with van der Waals surface area (Å²) in [5, 5.41) is 9.51. The molecule has 0 aromatic heterocycles. The van der Waals surface area contributed by atoms with Crippen molar-refractivity contribution in [3.8, 4) is 11.5 Å². The minimum Gasteiger partial charge on any atom is -0.504 e. The van der Waals surface area contributed by atoms with E-state index in [2.05, 4.69) is 4.99 Å². The SMILES string of the molecule is COc1cc(C(=O)CC2=NCCCN2C)ccc1O. The lowest BCUT2D eigenvalue weighted by atomic mass is 10.1. The largest absolute Gasteiger partial charge is 0.504 e. The predicted molar refractivity (Wildman–Crippen MR) is 73.2 cm³/mol. The number of nitrogens with zero attached hydrogens (tertiary/aromatic N) is 2. The Kier molecular flexibility index (Phi) is 4.04. The zero-order chi connectivity index (χ0) is 13.8. The van der Waals surface area contributed by atoms with Crippen molar-refractivity contribution in [2.75, 3.05) is 27.2 Å². The molecule has 1 heterocycles. The van der Waals surface area contributed by atoms with Gasteiger partial charge in [-0.1, -0.05) is 0 Å². The quantitative estimate of drug-likeness (QED) is 0.839. The third-order valence-corrected chi connectivity index (χ3v) is 3.21. The Morgan fingerprint density at radius 3 is 3.00 bits per heavy atom. The van der Waals surface area contributed by atoms with Gasteiger partial charge < -0.3 is 14.7 Å². The second kappa shape index (κ2) is 5.73. The second-order valence-corrected chi connectivity index (χ2v) is 4.56. The van der Waals surface area contributed by atoms with Gasteiger partial charge in [0, 0.05) is 25.7 Å². The van der Waals surface area contributed by atoms with Crippen molar-refractivity contribution in [1.29, 1.82) is 0 Å². The first-order valence-electron chi connectivity index (χ1n) is 6.26. The fraction of sp³-hybridized carbons (Fsp3) is 0.429. The molecule has 5 nitrogen and oxygen atoms in total. The molecule has 1 aromatic carbocycles. The maximum atomic E-state index is 12.2. The van der Waals surface area contributed by atoms with Crippen molar-refractivity contribution < 1.29 is 14.6 Å². The first-order chi connectivity index (χ1) is 9.11. The summed E-state index contributed by atoms with van der Waals surface area (Å²) in [4.78, 5) is 18.6. The van der Waals surface area contributed by atoms with Crippen LogP contribution in [0.3, 0.4) is 0 Å². The molecule has 102 valence electrons. The highest BCUT2D eigenvalue weighted by atomic mass is 16.5. The molecule has 0 atom stereocenters. The van der Waals surface area contributed by atoms with E-state index in [0.717, 1.165) is 25.3 Å². The molecule has 19 heavy (non-hydrogen) atoms. The smallest absolute Gasteiger partial charge is 0.170 e. The number of phenolic OH excluding ortho intramolecular Hbond substituents is 1. The molecule has 0 amide bonds. The molecule has 0 saturated heterocycles. The molecule has 0 saturated carbocycles. The van der Waals surface area contributed by atoms with Gasteiger partial charge in [0.2, 0.25) is 0 Å². The molecular weight excluding hydrogens is 244 g/mol. The lowest BCUT2D eigenvalue weighted by molar-refractivity contribution is 0.0997. The molecule has 1 N–H and O–H groups in total. The van der Waals surface area contributed by atoms with Crippen LogP contribution >= 0.6 is 0 Å². The number of aromatic hydroxyl groups is 1. The molecule has 0 bridgehead atoms. The Morgan fingerprint density at radius 2 is 2.32 bits per heavy atom. The summed E-state index contributed by atoms with van der Waals surface area (Å²) in [5.41, 5.74) is 0.524. The summed E-state index contributed by atoms with van der Waals surface area (Å²) in [6, 6.07) is 4.63. The Labute approximate surface area is 112 Å². The van der Waals surface area contributed by atoms with E-state index in [1.807, 2.05) is 11.9 Å². The normalized spacial score (nSPS) is 15.1. The number of carbonyl (C=O) groups is 1. The number of ketones is 1. The van der Waals surface area contributed by atoms with Crippen LogP contribution in [0.25, 0.3) is 0 Å². The topological polar surface area (TPSA) is 62.1 Å². The molecule has 0 unspecified atom stereocenters. The zero-order valence-corrected chi connectivity index (χ0v) is 11.2. The van der Waals surface area contributed by atoms with Crippen molar-refractivity contribution in [3.05, 3.63) is 23.8 Å². The van der Waals surface area contributed by atoms with Gasteiger partial charge in [-0.15, -0.1) is 0 Å². The van der Waals surface area contributed by atoms with Gasteiger partial charge in [-0.3, -0.25) is 9.79 Å². The lowest BCUT2D eigenvalue weighted by Crippen LogP contribution is -2.33. The minimum absolute atomic E-state index is 0.0224. The van der Waals surface area contributed by atoms with Crippen LogP contribution in [-0.2, 0) is 0 Å². The fourth-order valence-electron chi connectivity index (χ4n) is 2.05. The number of aliphatic imine (C=N–C) groups is 1. The van der Waals surface area contributed by atoms with E-state index in [1.54, 1.807) is 12.1 Å². The van der Waals surface area contributed by atoms with Crippen molar-refractivity contribution >= 4 is 11.6 Å². The zero-order valence-electron chi connectivity index (χ0n) is 11.2. The van der Waals surface area contributed by atoms with E-state index < -0.39 is 0 Å². The number of rotatable bonds is 4. The van der Waals surface area contributed by atoms with Crippen LogP contribution in [0, 0.1) is 0 Å². The highest BCUT2D eigenvalue weighted by Gasteiger charge is 2.17. The van der Waals surface area contributed by atoms with Gasteiger partial charge >= 0.3 is 0 Å². The summed E-state index contributed by atoms with van der Waals surface area (Å²) >= 11 is 0. The van der Waals surface area contributed by atoms with Crippen LogP contribution in [0.4, 0.5) is 0 Å². The van der Waals surface area contributed by atoms with Gasteiger partial charge in [-0.05, 0) is 24.6 Å². The third kappa shape index (κ3) is 3.05. The Balaban J connectivity index is 2.14. The first kappa shape index (κ1) is 13.4. The number of amidine groups is 1. The summed E-state index contributed by atoms with van der Waals surface area (Å²) in [7, 11) is 3.41. The van der Waals surface area contributed by atoms with E-state index in [0.29, 0.717) is 11.3 Å². The van der Waals surface area contributed by atoms with Crippen molar-refractivity contribution in [2.24, 2.45) is 4.99 Å². The molecule has 0 spiro atoms. The van der Waals surface area contributed by atoms with Gasteiger partial charge in [0.15, 0.2) is 17.3 Å². The maximum Gasteiger partial charge on any atom is 0.170 e. The van der Waals surface area contributed by atoms with E-state index in [9.17, 15) is 9.90 Å². The standard InChI is InChI=1S/C14H18N2O3/c1-16-7-3-6-15-14(16)9-12(18)10-4-5-11(17)13(8-10)19-2/h4-5,8,17H,3,6-7,9H2,1-2H3. The van der Waals surface area contributed by atoms with Crippen LogP contribution in [0.1, 0.15) is 23.2 Å². The molecule has 0 fully saturated rings. The average molecular weight is 262 g/mol. The predicted octanol–water partition coefficient (Wildman–Crippen LogP) is 1.71. The molecule has 0 aliphatic carbocycles. The van der Waals surface area contributed by atoms with Crippen LogP contribution in [0.5, 0.6) is 11.5 Å². The van der Waals surface area contributed by atoms with E-state index in [1.165, 1.54) is 13.2 Å². The number of methoxy groups -OCH3 is 1. The highest BCUT2D eigenvalue weighted by molar-refractivity contribution is 6.09. The first-order valence-corrected chi connectivity index (χ1v) is 6.26. The summed E-state index contributed by atoms with van der Waals surface area (Å²) in [6.07, 6.45) is 1.31. The number of Topliss-reactive ketones (excluding diaryl/α,β-unsaturated/α-hetero) is 1. The molecule has 1 aliphatic rings. The number of benzene rings is 1. The summed E-state index contributed by atoms with van der Waals surface area (Å²) in [5.74, 6) is 1.14. The number of ether oxygens (including phenoxy) is 1. The van der Waals surface area contributed by atoms with Gasteiger partial charge in [0.05, 0.1) is 13.5 Å². The molecular formula is C14H18N2O3. The molecule has 1 aromatic rings. The van der Waals surface area contributed by atoms with Crippen molar-refractivity contribution in [3.63, 3.8) is 0 Å². The van der Waals surface area contributed by atoms with Crippen LogP contribution in [0.15, 0.2) is 23.2 Å². The number of phenols is 1. The van der Waals surface area contributed by atoms with Crippen LogP contribution in [-0.4, -0.2) is 48.9 Å². The fourth-order valence-corrected chi connectivity index (χ4v) is 2.05. The molecule has 1 aliphatic heterocycles. The summed E-state index contributed by atoms with van der Waals surface area (Å²) < 4.78 is 5.00. The van der Waals surface area contributed by atoms with Gasteiger partial charge in [-0.25, -0.2) is 0 Å². The van der Waals surface area contributed by atoms with Gasteiger partial charge in [0.25, 0.3) is 0 Å². The molecule has 2 rings (SSSR count). The Bertz CT molecular complexity index is 511. The van der Waals surface area contributed by atoms with Crippen LogP contribution < -0.4 is 4.74 Å². The number of hydrogen-bond donors (Lipinski definition) is 1. The van der Waals surface area contributed by atoms with E-state index >= 15 is 0 Å². The Hall–Kier alpha value is -2.04. The highest BCUT2D eigenvalue weighted by Crippen LogP contribution is 2.26. The van der Waals surface area contributed by atoms with Crippen molar-refractivity contribution in [2.45, 2.75) is 12.8 Å². The Morgan fingerprint density at radius 1 is 1.53 bits per heavy atom. The van der Waals surface area contributed by atoms with E-state index in [-0.39, 0.29) is 18.0 Å². The van der Waals surface area contributed by atoms with Crippen LogP contribution in [0.2, 0.25) is 0 Å². The summed E-state index contributed by atoms with van der Waals surface area (Å²) in [6.45, 7) is 1.72. The molecule has 5 heteroatoms. The third-order valence-electron chi connectivity index (χ3n) is 3.21.